The largest absolute Gasteiger partial charge is 0.368 e. The molecule has 0 aliphatic rings. The molecule has 0 aromatic carbocycles. The number of carbonyl (C=O) groups is 1. The molecule has 2 unspecified atom stereocenters. The number of rotatable bonds is 13. The number of nitrogens with two attached hydrogens (primary N) is 1. The van der Waals surface area contributed by atoms with Gasteiger partial charge in [0.05, 0.1) is 5.69 Å². The minimum Gasteiger partial charge on any atom is -0.368 e. The van der Waals surface area contributed by atoms with E-state index in [0.29, 0.717) is 0 Å². The Kier molecular flexibility index (Phi) is 8.93. The lowest BCUT2D eigenvalue weighted by molar-refractivity contribution is -0.130. The maximum Gasteiger partial charge on any atom is 0.238 e. The molecular weight excluding hydrogens is 324 g/mol. The zero-order valence-electron chi connectivity index (χ0n) is 16.9. The van der Waals surface area contributed by atoms with Gasteiger partial charge in [0, 0.05) is 11.6 Å². The lowest BCUT2D eigenvalue weighted by Crippen LogP contribution is -2.69. The second-order valence-corrected chi connectivity index (χ2v) is 7.58. The van der Waals surface area contributed by atoms with E-state index in [4.69, 9.17) is 5.73 Å². The fourth-order valence-electron chi connectivity index (χ4n) is 4.20. The molecule has 1 rings (SSSR count). The van der Waals surface area contributed by atoms with Crippen LogP contribution in [0.15, 0.2) is 31.0 Å². The van der Waals surface area contributed by atoms with E-state index in [1.54, 1.807) is 6.20 Å². The topological polar surface area (TPSA) is 80.9 Å². The zero-order valence-corrected chi connectivity index (χ0v) is 16.9. The number of primary amides is 1. The number of carbonyl (C=O) groups excluding carboxylic acids is 1. The molecule has 5 heteroatoms. The Labute approximate surface area is 158 Å². The lowest BCUT2D eigenvalue weighted by Gasteiger charge is -2.48. The van der Waals surface area contributed by atoms with Crippen molar-refractivity contribution < 1.29 is 4.79 Å². The van der Waals surface area contributed by atoms with Crippen molar-refractivity contribution in [2.24, 2.45) is 11.7 Å². The minimum atomic E-state index is -0.929. The molecule has 5 nitrogen and oxygen atoms in total. The van der Waals surface area contributed by atoms with Crippen molar-refractivity contribution in [3.8, 4) is 0 Å². The van der Waals surface area contributed by atoms with Gasteiger partial charge >= 0.3 is 0 Å². The van der Waals surface area contributed by atoms with Crippen molar-refractivity contribution in [2.75, 3.05) is 7.05 Å². The molecule has 0 aliphatic carbocycles. The predicted octanol–water partition coefficient (Wildman–Crippen LogP) is 3.75. The quantitative estimate of drug-likeness (QED) is 0.415. The molecule has 3 N–H and O–H groups in total. The lowest BCUT2D eigenvalue weighted by atomic mass is 9.61. The summed E-state index contributed by atoms with van der Waals surface area (Å²) in [5.41, 5.74) is 5.22. The summed E-state index contributed by atoms with van der Waals surface area (Å²) in [7, 11) is 1.82. The third kappa shape index (κ3) is 4.70. The van der Waals surface area contributed by atoms with Crippen LogP contribution in [-0.2, 0) is 10.2 Å². The molecule has 2 atom stereocenters. The van der Waals surface area contributed by atoms with Crippen LogP contribution in [-0.4, -0.2) is 28.7 Å². The number of unbranched alkanes of at least 4 members (excludes halogenated alkanes) is 4. The Bertz CT molecular complexity index is 558. The molecule has 1 amide bonds. The van der Waals surface area contributed by atoms with Gasteiger partial charge in [0.25, 0.3) is 0 Å². The van der Waals surface area contributed by atoms with E-state index >= 15 is 0 Å². The van der Waals surface area contributed by atoms with Crippen LogP contribution >= 0.6 is 0 Å². The van der Waals surface area contributed by atoms with Gasteiger partial charge in [-0.05, 0) is 37.9 Å². The molecule has 0 saturated carbocycles. The molecule has 1 heterocycles. The molecule has 146 valence electrons. The molecule has 26 heavy (non-hydrogen) atoms. The van der Waals surface area contributed by atoms with Gasteiger partial charge in [-0.2, -0.15) is 10.2 Å². The highest BCUT2D eigenvalue weighted by molar-refractivity contribution is 5.87. The fourth-order valence-corrected chi connectivity index (χ4v) is 4.20. The first-order valence-electron chi connectivity index (χ1n) is 9.76. The third-order valence-electron chi connectivity index (χ3n) is 5.70. The van der Waals surface area contributed by atoms with Crippen LogP contribution in [0.4, 0.5) is 0 Å². The van der Waals surface area contributed by atoms with Crippen LogP contribution in [0.3, 0.4) is 0 Å². The third-order valence-corrected chi connectivity index (χ3v) is 5.70. The Morgan fingerprint density at radius 1 is 1.35 bits per heavy atom. The molecule has 1 aromatic rings. The van der Waals surface area contributed by atoms with Gasteiger partial charge in [-0.25, -0.2) is 0 Å². The van der Waals surface area contributed by atoms with Crippen LogP contribution in [0, 0.1) is 5.92 Å². The number of nitrogens with one attached hydrogen (secondary N) is 1. The van der Waals surface area contributed by atoms with Crippen LogP contribution in [0.2, 0.25) is 0 Å². The molecule has 0 bridgehead atoms. The van der Waals surface area contributed by atoms with E-state index in [9.17, 15) is 4.79 Å². The van der Waals surface area contributed by atoms with Crippen molar-refractivity contribution in [3.05, 3.63) is 36.7 Å². The van der Waals surface area contributed by atoms with E-state index < -0.39 is 11.0 Å². The van der Waals surface area contributed by atoms with E-state index in [0.717, 1.165) is 25.0 Å². The average molecular weight is 361 g/mol. The minimum absolute atomic E-state index is 0.0427. The van der Waals surface area contributed by atoms with Gasteiger partial charge in [0.2, 0.25) is 5.91 Å². The molecule has 0 spiro atoms. The fraction of sp³-hybridized carbons (Fsp3) is 0.667. The first-order valence-corrected chi connectivity index (χ1v) is 9.76. The normalized spacial score (nSPS) is 15.2. The van der Waals surface area contributed by atoms with Crippen molar-refractivity contribution in [1.29, 1.82) is 0 Å². The van der Waals surface area contributed by atoms with Crippen LogP contribution in [0.5, 0.6) is 0 Å². The molecule has 0 fully saturated rings. The Hall–Kier alpha value is -1.75. The van der Waals surface area contributed by atoms with E-state index in [-0.39, 0.29) is 11.8 Å². The molecule has 0 saturated heterocycles. The molecule has 0 radical (unpaired) electrons. The van der Waals surface area contributed by atoms with Gasteiger partial charge in [-0.1, -0.05) is 59.0 Å². The van der Waals surface area contributed by atoms with Crippen molar-refractivity contribution in [1.82, 2.24) is 15.5 Å². The summed E-state index contributed by atoms with van der Waals surface area (Å²) in [6.45, 7) is 10.2. The van der Waals surface area contributed by atoms with Crippen LogP contribution < -0.4 is 11.1 Å². The van der Waals surface area contributed by atoms with E-state index in [2.05, 4.69) is 29.0 Å². The van der Waals surface area contributed by atoms with Gasteiger partial charge in [-0.15, -0.1) is 6.58 Å². The van der Waals surface area contributed by atoms with Crippen LogP contribution in [0.1, 0.15) is 71.4 Å². The average Bonchev–Trinajstić information content (AvgIpc) is 2.62. The summed E-state index contributed by atoms with van der Waals surface area (Å²) < 4.78 is 0. The second kappa shape index (κ2) is 10.4. The maximum absolute atomic E-state index is 12.8. The highest BCUT2D eigenvalue weighted by Gasteiger charge is 2.55. The van der Waals surface area contributed by atoms with Gasteiger partial charge in [0.1, 0.15) is 5.54 Å². The monoisotopic (exact) mass is 360 g/mol. The molecular formula is C21H36N4O. The number of amides is 1. The second-order valence-electron chi connectivity index (χ2n) is 7.58. The Morgan fingerprint density at radius 3 is 2.54 bits per heavy atom. The number of nitrogens with zero attached hydrogens (tertiary/aromatic N) is 2. The van der Waals surface area contributed by atoms with E-state index in [1.165, 1.54) is 25.7 Å². The highest BCUT2D eigenvalue weighted by atomic mass is 16.1. The number of hydrogen-bond donors (Lipinski definition) is 2. The summed E-state index contributed by atoms with van der Waals surface area (Å²) >= 11 is 0. The van der Waals surface area contributed by atoms with Crippen molar-refractivity contribution in [3.63, 3.8) is 0 Å². The number of allylic oxidation sites excluding steroid dienone is 1. The number of aromatic nitrogens is 2. The summed E-state index contributed by atoms with van der Waals surface area (Å²) in [6, 6.07) is 3.76. The highest BCUT2D eigenvalue weighted by Crippen LogP contribution is 2.42. The summed E-state index contributed by atoms with van der Waals surface area (Å²) in [5.74, 6) is -0.308. The number of likely N-dealkylation sites (N-methyl/N-ethyl adjacent to an activating group) is 1. The van der Waals surface area contributed by atoms with Crippen LogP contribution in [0.25, 0.3) is 0 Å². The number of hydrogen-bond acceptors (Lipinski definition) is 4. The standard InChI is InChI=1S/C21H36N4O/c1-6-8-9-10-11-14-17(13-7-2)21(23-5,19(22)26)20(3,4)18-15-12-16-24-25-18/h7,12,15-17,23H,2,6,8-11,13-14H2,1,3-5H3,(H2,22,26). The zero-order chi connectivity index (χ0) is 19.6. The SMILES string of the molecule is C=CCC(CCCCCCC)C(NC)(C(N)=O)C(C)(C)c1cccnn1. The Balaban J connectivity index is 3.21. The predicted molar refractivity (Wildman–Crippen MR) is 108 cm³/mol. The van der Waals surface area contributed by atoms with Gasteiger partial charge < -0.3 is 11.1 Å². The smallest absolute Gasteiger partial charge is 0.238 e. The molecule has 0 aliphatic heterocycles. The van der Waals surface area contributed by atoms with Crippen molar-refractivity contribution in [2.45, 2.75) is 76.7 Å². The first-order chi connectivity index (χ1) is 12.4. The van der Waals surface area contributed by atoms with Crippen molar-refractivity contribution >= 4 is 5.91 Å². The van der Waals surface area contributed by atoms with Gasteiger partial charge in [0.15, 0.2) is 0 Å². The maximum atomic E-state index is 12.8. The summed E-state index contributed by atoms with van der Waals surface area (Å²) in [6.07, 6.45) is 11.1. The summed E-state index contributed by atoms with van der Waals surface area (Å²) in [4.78, 5) is 12.8. The molecule has 1 aromatic heterocycles. The van der Waals surface area contributed by atoms with Gasteiger partial charge in [-0.3, -0.25) is 4.79 Å². The summed E-state index contributed by atoms with van der Waals surface area (Å²) in [5, 5.41) is 11.6. The Morgan fingerprint density at radius 2 is 2.04 bits per heavy atom. The first kappa shape index (κ1) is 22.3. The van der Waals surface area contributed by atoms with E-state index in [1.807, 2.05) is 39.1 Å².